The van der Waals surface area contributed by atoms with Gasteiger partial charge in [-0.1, -0.05) is 32.6 Å². The summed E-state index contributed by atoms with van der Waals surface area (Å²) in [5.41, 5.74) is 0.307. The van der Waals surface area contributed by atoms with Crippen molar-refractivity contribution in [2.24, 2.45) is 5.92 Å². The summed E-state index contributed by atoms with van der Waals surface area (Å²) in [5, 5.41) is 3.68. The third kappa shape index (κ3) is 3.69. The molecule has 1 aliphatic heterocycles. The van der Waals surface area contributed by atoms with Crippen molar-refractivity contribution in [2.45, 2.75) is 70.9 Å². The Morgan fingerprint density at radius 1 is 1.24 bits per heavy atom. The lowest BCUT2D eigenvalue weighted by atomic mass is 9.96. The van der Waals surface area contributed by atoms with E-state index >= 15 is 0 Å². The molecule has 1 atom stereocenters. The van der Waals surface area contributed by atoms with Crippen molar-refractivity contribution in [1.82, 2.24) is 10.2 Å². The van der Waals surface area contributed by atoms with Crippen LogP contribution in [-0.4, -0.2) is 36.1 Å². The zero-order valence-electron chi connectivity index (χ0n) is 12.0. The van der Waals surface area contributed by atoms with E-state index in [2.05, 4.69) is 31.0 Å². The normalized spacial score (nSPS) is 30.9. The maximum atomic E-state index is 3.68. The summed E-state index contributed by atoms with van der Waals surface area (Å²) in [6.45, 7) is 10.7. The van der Waals surface area contributed by atoms with Gasteiger partial charge >= 0.3 is 0 Å². The SMILES string of the molecule is CCC1CNC(C)(C)CN1CCC1CCCC1. The van der Waals surface area contributed by atoms with Crippen LogP contribution in [0.15, 0.2) is 0 Å². The molecule has 1 unspecified atom stereocenters. The molecular weight excluding hydrogens is 208 g/mol. The minimum absolute atomic E-state index is 0.307. The van der Waals surface area contributed by atoms with Crippen molar-refractivity contribution in [2.75, 3.05) is 19.6 Å². The van der Waals surface area contributed by atoms with Crippen LogP contribution < -0.4 is 5.32 Å². The van der Waals surface area contributed by atoms with Crippen LogP contribution >= 0.6 is 0 Å². The number of nitrogens with zero attached hydrogens (tertiary/aromatic N) is 1. The zero-order valence-corrected chi connectivity index (χ0v) is 12.0. The van der Waals surface area contributed by atoms with Crippen LogP contribution in [0.4, 0.5) is 0 Å². The Hall–Kier alpha value is -0.0800. The molecule has 2 heteroatoms. The van der Waals surface area contributed by atoms with Gasteiger partial charge in [0, 0.05) is 24.7 Å². The molecule has 17 heavy (non-hydrogen) atoms. The molecule has 0 aromatic rings. The van der Waals surface area contributed by atoms with Gasteiger partial charge in [-0.2, -0.15) is 0 Å². The highest BCUT2D eigenvalue weighted by Gasteiger charge is 2.31. The number of piperazine rings is 1. The lowest BCUT2D eigenvalue weighted by Gasteiger charge is -2.44. The standard InChI is InChI=1S/C15H30N2/c1-4-14-11-16-15(2,3)12-17(14)10-9-13-7-5-6-8-13/h13-14,16H,4-12H2,1-3H3. The lowest BCUT2D eigenvalue weighted by molar-refractivity contribution is 0.0869. The first-order chi connectivity index (χ1) is 8.11. The maximum Gasteiger partial charge on any atom is 0.0252 e. The Balaban J connectivity index is 1.82. The average molecular weight is 238 g/mol. The molecule has 0 bridgehead atoms. The molecule has 0 spiro atoms. The van der Waals surface area contributed by atoms with Crippen LogP contribution in [-0.2, 0) is 0 Å². The third-order valence-electron chi connectivity index (χ3n) is 4.70. The molecule has 1 aliphatic carbocycles. The quantitative estimate of drug-likeness (QED) is 0.810. The van der Waals surface area contributed by atoms with Crippen molar-refractivity contribution in [1.29, 1.82) is 0 Å². The van der Waals surface area contributed by atoms with Crippen molar-refractivity contribution in [3.05, 3.63) is 0 Å². The Kier molecular flexibility index (Phi) is 4.48. The predicted octanol–water partition coefficient (Wildman–Crippen LogP) is 3.03. The van der Waals surface area contributed by atoms with Crippen LogP contribution in [0.1, 0.15) is 59.3 Å². The highest BCUT2D eigenvalue weighted by atomic mass is 15.2. The molecule has 2 aliphatic rings. The number of hydrogen-bond donors (Lipinski definition) is 1. The molecule has 0 amide bonds. The highest BCUT2D eigenvalue weighted by Crippen LogP contribution is 2.28. The summed E-state index contributed by atoms with van der Waals surface area (Å²) in [6, 6.07) is 0.768. The molecule has 2 rings (SSSR count). The monoisotopic (exact) mass is 238 g/mol. The first-order valence-electron chi connectivity index (χ1n) is 7.60. The molecule has 2 fully saturated rings. The summed E-state index contributed by atoms with van der Waals surface area (Å²) in [5.74, 6) is 1.03. The van der Waals surface area contributed by atoms with E-state index in [1.807, 2.05) is 0 Å². The van der Waals surface area contributed by atoms with Gasteiger partial charge in [0.15, 0.2) is 0 Å². The van der Waals surface area contributed by atoms with Gasteiger partial charge in [0.2, 0.25) is 0 Å². The minimum atomic E-state index is 0.307. The summed E-state index contributed by atoms with van der Waals surface area (Å²) < 4.78 is 0. The summed E-state index contributed by atoms with van der Waals surface area (Å²) in [7, 11) is 0. The molecule has 0 radical (unpaired) electrons. The van der Waals surface area contributed by atoms with Gasteiger partial charge in [-0.25, -0.2) is 0 Å². The summed E-state index contributed by atoms with van der Waals surface area (Å²) >= 11 is 0. The smallest absolute Gasteiger partial charge is 0.0252 e. The summed E-state index contributed by atoms with van der Waals surface area (Å²) in [4.78, 5) is 2.74. The fraction of sp³-hybridized carbons (Fsp3) is 1.00. The van der Waals surface area contributed by atoms with Crippen molar-refractivity contribution >= 4 is 0 Å². The molecule has 1 saturated carbocycles. The minimum Gasteiger partial charge on any atom is -0.309 e. The van der Waals surface area contributed by atoms with E-state index in [4.69, 9.17) is 0 Å². The molecule has 2 nitrogen and oxygen atoms in total. The van der Waals surface area contributed by atoms with Gasteiger partial charge in [-0.3, -0.25) is 4.90 Å². The van der Waals surface area contributed by atoms with Gasteiger partial charge < -0.3 is 5.32 Å². The predicted molar refractivity (Wildman–Crippen MR) is 74.3 cm³/mol. The van der Waals surface area contributed by atoms with E-state index in [0.717, 1.165) is 12.0 Å². The number of rotatable bonds is 4. The van der Waals surface area contributed by atoms with Gasteiger partial charge in [-0.05, 0) is 39.2 Å². The molecular formula is C15H30N2. The lowest BCUT2D eigenvalue weighted by Crippen LogP contribution is -2.61. The van der Waals surface area contributed by atoms with Crippen LogP contribution in [0, 0.1) is 5.92 Å². The largest absolute Gasteiger partial charge is 0.309 e. The Labute approximate surface area is 107 Å². The van der Waals surface area contributed by atoms with Gasteiger partial charge in [-0.15, -0.1) is 0 Å². The van der Waals surface area contributed by atoms with E-state index < -0.39 is 0 Å². The number of nitrogens with one attached hydrogen (secondary N) is 1. The van der Waals surface area contributed by atoms with E-state index in [0.29, 0.717) is 5.54 Å². The van der Waals surface area contributed by atoms with Gasteiger partial charge in [0.05, 0.1) is 0 Å². The Morgan fingerprint density at radius 3 is 2.59 bits per heavy atom. The average Bonchev–Trinajstić information content (AvgIpc) is 2.78. The van der Waals surface area contributed by atoms with E-state index in [1.54, 1.807) is 0 Å². The molecule has 0 aromatic carbocycles. The van der Waals surface area contributed by atoms with Crippen molar-refractivity contribution in [3.8, 4) is 0 Å². The second kappa shape index (κ2) is 5.71. The Morgan fingerprint density at radius 2 is 1.94 bits per heavy atom. The van der Waals surface area contributed by atoms with E-state index in [1.165, 1.54) is 58.2 Å². The fourth-order valence-corrected chi connectivity index (χ4v) is 3.53. The molecule has 100 valence electrons. The molecule has 1 heterocycles. The molecule has 0 aromatic heterocycles. The third-order valence-corrected chi connectivity index (χ3v) is 4.70. The number of hydrogen-bond acceptors (Lipinski definition) is 2. The second-order valence-electron chi connectivity index (χ2n) is 6.74. The van der Waals surface area contributed by atoms with Gasteiger partial charge in [0.25, 0.3) is 0 Å². The first kappa shape index (κ1) is 13.4. The van der Waals surface area contributed by atoms with E-state index in [9.17, 15) is 0 Å². The van der Waals surface area contributed by atoms with Crippen molar-refractivity contribution in [3.63, 3.8) is 0 Å². The van der Waals surface area contributed by atoms with Crippen molar-refractivity contribution < 1.29 is 0 Å². The van der Waals surface area contributed by atoms with Crippen LogP contribution in [0.25, 0.3) is 0 Å². The van der Waals surface area contributed by atoms with Crippen LogP contribution in [0.3, 0.4) is 0 Å². The Bertz CT molecular complexity index is 231. The topological polar surface area (TPSA) is 15.3 Å². The van der Waals surface area contributed by atoms with Crippen LogP contribution in [0.5, 0.6) is 0 Å². The van der Waals surface area contributed by atoms with Crippen LogP contribution in [0.2, 0.25) is 0 Å². The molecule has 1 N–H and O–H groups in total. The zero-order chi connectivity index (χ0) is 12.3. The van der Waals surface area contributed by atoms with Gasteiger partial charge in [0.1, 0.15) is 0 Å². The van der Waals surface area contributed by atoms with E-state index in [-0.39, 0.29) is 0 Å². The molecule has 1 saturated heterocycles. The fourth-order valence-electron chi connectivity index (χ4n) is 3.53. The highest BCUT2D eigenvalue weighted by molar-refractivity contribution is 4.91. The second-order valence-corrected chi connectivity index (χ2v) is 6.74. The maximum absolute atomic E-state index is 3.68. The first-order valence-corrected chi connectivity index (χ1v) is 7.60. The summed E-state index contributed by atoms with van der Waals surface area (Å²) in [6.07, 6.45) is 8.67.